The third-order valence-electron chi connectivity index (χ3n) is 2.39. The number of benzene rings is 1. The second kappa shape index (κ2) is 5.89. The Hall–Kier alpha value is -1.51. The zero-order chi connectivity index (χ0) is 13.8. The van der Waals surface area contributed by atoms with Gasteiger partial charge in [0.25, 0.3) is 5.69 Å². The number of aliphatic hydroxyl groups is 1. The minimum atomic E-state index is -3.76. The highest BCUT2D eigenvalue weighted by atomic mass is 32.2. The van der Waals surface area contributed by atoms with Crippen molar-refractivity contribution < 1.29 is 18.4 Å². The number of sulfonamides is 1. The molecule has 0 fully saturated rings. The van der Waals surface area contributed by atoms with Gasteiger partial charge in [0, 0.05) is 18.2 Å². The van der Waals surface area contributed by atoms with Crippen molar-refractivity contribution in [2.75, 3.05) is 6.61 Å². The van der Waals surface area contributed by atoms with Gasteiger partial charge in [0.15, 0.2) is 0 Å². The van der Waals surface area contributed by atoms with Crippen LogP contribution >= 0.6 is 0 Å². The monoisotopic (exact) mass is 274 g/mol. The number of nitro groups is 1. The van der Waals surface area contributed by atoms with Crippen molar-refractivity contribution in [3.8, 4) is 0 Å². The van der Waals surface area contributed by atoms with E-state index in [1.165, 1.54) is 0 Å². The number of non-ortho nitro benzene ring substituents is 1. The Labute approximate surface area is 105 Å². The number of nitro benzene ring substituents is 1. The fourth-order valence-corrected chi connectivity index (χ4v) is 2.59. The standard InChI is InChI=1S/C10H14N2O5S/c1-2-8(7-13)11-18(16,17)10-5-3-9(4-6-10)12(14)15/h3-6,8,11,13H,2,7H2,1H3. The quantitative estimate of drug-likeness (QED) is 0.584. The molecule has 18 heavy (non-hydrogen) atoms. The van der Waals surface area contributed by atoms with Crippen LogP contribution in [0.15, 0.2) is 29.2 Å². The van der Waals surface area contributed by atoms with Gasteiger partial charge in [-0.2, -0.15) is 0 Å². The van der Waals surface area contributed by atoms with Crippen LogP contribution in [-0.2, 0) is 10.0 Å². The van der Waals surface area contributed by atoms with Gasteiger partial charge in [0.2, 0.25) is 10.0 Å². The molecule has 1 rings (SSSR count). The van der Waals surface area contributed by atoms with E-state index in [2.05, 4.69) is 4.72 Å². The average molecular weight is 274 g/mol. The van der Waals surface area contributed by atoms with E-state index in [4.69, 9.17) is 5.11 Å². The van der Waals surface area contributed by atoms with Gasteiger partial charge in [-0.15, -0.1) is 0 Å². The summed E-state index contributed by atoms with van der Waals surface area (Å²) in [5.41, 5.74) is -0.178. The number of rotatable bonds is 6. The van der Waals surface area contributed by atoms with Crippen LogP contribution in [0.5, 0.6) is 0 Å². The molecule has 0 spiro atoms. The fourth-order valence-electron chi connectivity index (χ4n) is 1.28. The van der Waals surface area contributed by atoms with E-state index in [0.717, 1.165) is 24.3 Å². The summed E-state index contributed by atoms with van der Waals surface area (Å²) in [4.78, 5) is 9.77. The van der Waals surface area contributed by atoms with Gasteiger partial charge in [-0.3, -0.25) is 10.1 Å². The van der Waals surface area contributed by atoms with Crippen molar-refractivity contribution in [1.29, 1.82) is 0 Å². The molecule has 0 aliphatic carbocycles. The van der Waals surface area contributed by atoms with Crippen molar-refractivity contribution in [1.82, 2.24) is 4.72 Å². The Kier molecular flexibility index (Phi) is 4.76. The van der Waals surface area contributed by atoms with E-state index >= 15 is 0 Å². The van der Waals surface area contributed by atoms with Crippen LogP contribution in [0.4, 0.5) is 5.69 Å². The number of nitrogens with zero attached hydrogens (tertiary/aromatic N) is 1. The minimum Gasteiger partial charge on any atom is -0.395 e. The first-order valence-electron chi connectivity index (χ1n) is 5.28. The summed E-state index contributed by atoms with van der Waals surface area (Å²) in [6.07, 6.45) is 0.447. The Balaban J connectivity index is 2.95. The zero-order valence-electron chi connectivity index (χ0n) is 9.74. The Bertz CT molecular complexity index is 508. The van der Waals surface area contributed by atoms with Gasteiger partial charge in [0.1, 0.15) is 0 Å². The van der Waals surface area contributed by atoms with Gasteiger partial charge in [-0.05, 0) is 18.6 Å². The van der Waals surface area contributed by atoms with Gasteiger partial charge >= 0.3 is 0 Å². The lowest BCUT2D eigenvalue weighted by Crippen LogP contribution is -2.36. The second-order valence-electron chi connectivity index (χ2n) is 3.66. The molecule has 0 bridgehead atoms. The van der Waals surface area contributed by atoms with Crippen LogP contribution in [-0.4, -0.2) is 31.1 Å². The molecule has 7 nitrogen and oxygen atoms in total. The number of nitrogens with one attached hydrogen (secondary N) is 1. The van der Waals surface area contributed by atoms with Crippen LogP contribution in [0.3, 0.4) is 0 Å². The number of aliphatic hydroxyl groups excluding tert-OH is 1. The molecule has 0 saturated heterocycles. The van der Waals surface area contributed by atoms with E-state index in [1.807, 2.05) is 0 Å². The summed E-state index contributed by atoms with van der Waals surface area (Å²) in [6.45, 7) is 1.43. The lowest BCUT2D eigenvalue weighted by atomic mass is 10.3. The lowest BCUT2D eigenvalue weighted by Gasteiger charge is -2.14. The molecular weight excluding hydrogens is 260 g/mol. The molecule has 0 saturated carbocycles. The first-order chi connectivity index (χ1) is 8.40. The van der Waals surface area contributed by atoms with Gasteiger partial charge in [-0.25, -0.2) is 13.1 Å². The van der Waals surface area contributed by atoms with E-state index in [0.29, 0.717) is 6.42 Å². The number of hydrogen-bond acceptors (Lipinski definition) is 5. The first-order valence-corrected chi connectivity index (χ1v) is 6.76. The maximum Gasteiger partial charge on any atom is 0.269 e. The smallest absolute Gasteiger partial charge is 0.269 e. The molecule has 1 atom stereocenters. The van der Waals surface area contributed by atoms with Crippen molar-refractivity contribution >= 4 is 15.7 Å². The van der Waals surface area contributed by atoms with Gasteiger partial charge in [-0.1, -0.05) is 6.92 Å². The largest absolute Gasteiger partial charge is 0.395 e. The summed E-state index contributed by atoms with van der Waals surface area (Å²) in [5, 5.41) is 19.4. The molecule has 0 heterocycles. The molecule has 100 valence electrons. The number of hydrogen-bond donors (Lipinski definition) is 2. The summed E-state index contributed by atoms with van der Waals surface area (Å²) in [5.74, 6) is 0. The highest BCUT2D eigenvalue weighted by Gasteiger charge is 2.19. The third kappa shape index (κ3) is 3.49. The highest BCUT2D eigenvalue weighted by molar-refractivity contribution is 7.89. The van der Waals surface area contributed by atoms with Gasteiger partial charge < -0.3 is 5.11 Å². The summed E-state index contributed by atoms with van der Waals surface area (Å²) >= 11 is 0. The summed E-state index contributed by atoms with van der Waals surface area (Å²) in [6, 6.07) is 3.99. The molecule has 0 aromatic heterocycles. The van der Waals surface area contributed by atoms with Crippen LogP contribution in [0.1, 0.15) is 13.3 Å². The maximum absolute atomic E-state index is 11.8. The first kappa shape index (κ1) is 14.6. The van der Waals surface area contributed by atoms with Crippen LogP contribution < -0.4 is 4.72 Å². The Morgan fingerprint density at radius 1 is 1.39 bits per heavy atom. The van der Waals surface area contributed by atoms with Crippen LogP contribution in [0.25, 0.3) is 0 Å². The summed E-state index contributed by atoms with van der Waals surface area (Å²) < 4.78 is 26.0. The minimum absolute atomic E-state index is 0.0694. The Morgan fingerprint density at radius 2 is 1.94 bits per heavy atom. The van der Waals surface area contributed by atoms with Crippen molar-refractivity contribution in [3.05, 3.63) is 34.4 Å². The van der Waals surface area contributed by atoms with E-state index in [1.54, 1.807) is 6.92 Å². The molecule has 8 heteroatoms. The second-order valence-corrected chi connectivity index (χ2v) is 5.37. The Morgan fingerprint density at radius 3 is 2.33 bits per heavy atom. The fraction of sp³-hybridized carbons (Fsp3) is 0.400. The molecule has 2 N–H and O–H groups in total. The summed E-state index contributed by atoms with van der Waals surface area (Å²) in [7, 11) is -3.76. The van der Waals surface area contributed by atoms with E-state index in [-0.39, 0.29) is 17.2 Å². The molecule has 0 radical (unpaired) electrons. The molecule has 1 aromatic rings. The normalized spacial score (nSPS) is 13.2. The van der Waals surface area contributed by atoms with E-state index in [9.17, 15) is 18.5 Å². The SMILES string of the molecule is CCC(CO)NS(=O)(=O)c1ccc([N+](=O)[O-])cc1. The highest BCUT2D eigenvalue weighted by Crippen LogP contribution is 2.16. The van der Waals surface area contributed by atoms with Crippen LogP contribution in [0, 0.1) is 10.1 Å². The zero-order valence-corrected chi connectivity index (χ0v) is 10.6. The molecule has 0 aliphatic heterocycles. The van der Waals surface area contributed by atoms with Crippen molar-refractivity contribution in [3.63, 3.8) is 0 Å². The van der Waals surface area contributed by atoms with Crippen molar-refractivity contribution in [2.45, 2.75) is 24.3 Å². The predicted octanol–water partition coefficient (Wildman–Crippen LogP) is 0.644. The molecule has 1 aromatic carbocycles. The lowest BCUT2D eigenvalue weighted by molar-refractivity contribution is -0.384. The molecule has 0 amide bonds. The molecule has 1 unspecified atom stereocenters. The molecular formula is C10H14N2O5S. The topological polar surface area (TPSA) is 110 Å². The third-order valence-corrected chi connectivity index (χ3v) is 3.93. The maximum atomic E-state index is 11.8. The van der Waals surface area contributed by atoms with E-state index < -0.39 is 21.0 Å². The van der Waals surface area contributed by atoms with Gasteiger partial charge in [0.05, 0.1) is 16.4 Å². The average Bonchev–Trinajstić information content (AvgIpc) is 2.36. The predicted molar refractivity (Wildman–Crippen MR) is 64.6 cm³/mol. The molecule has 0 aliphatic rings. The van der Waals surface area contributed by atoms with Crippen molar-refractivity contribution in [2.24, 2.45) is 0 Å². The van der Waals surface area contributed by atoms with Crippen LogP contribution in [0.2, 0.25) is 0 Å².